The summed E-state index contributed by atoms with van der Waals surface area (Å²) in [4.78, 5) is 113. The minimum atomic E-state index is -0.931. The van der Waals surface area contributed by atoms with Gasteiger partial charge < -0.3 is 68.2 Å². The van der Waals surface area contributed by atoms with E-state index in [4.69, 9.17) is 39.0 Å². The van der Waals surface area contributed by atoms with Gasteiger partial charge in [0.1, 0.15) is 18.8 Å². The van der Waals surface area contributed by atoms with Crippen molar-refractivity contribution in [1.29, 1.82) is 0 Å². The van der Waals surface area contributed by atoms with Crippen molar-refractivity contribution in [1.82, 2.24) is 0 Å². The number of carbonyl (C=O) groups is 10. The van der Waals surface area contributed by atoms with Crippen LogP contribution in [0.4, 0.5) is 0 Å². The second-order valence-corrected chi connectivity index (χ2v) is 73.9. The summed E-state index contributed by atoms with van der Waals surface area (Å²) in [6, 6.07) is 18.9. The predicted molar refractivity (Wildman–Crippen MR) is 413 cm³/mol. The molecule has 10 rings (SSSR count). The number of rotatable bonds is 14. The third-order valence-electron chi connectivity index (χ3n) is 18.6. The van der Waals surface area contributed by atoms with Gasteiger partial charge in [-0.1, -0.05) is 187 Å². The molecule has 592 valence electrons. The van der Waals surface area contributed by atoms with Crippen molar-refractivity contribution in [3.8, 4) is 0 Å². The number of fused-ring (bicyclic) bond motifs is 4. The van der Waals surface area contributed by atoms with Crippen LogP contribution in [0.5, 0.6) is 0 Å². The molecule has 0 amide bonds. The number of carboxylic acids is 2. The minimum Gasteiger partial charge on any atom is -0.850 e. The van der Waals surface area contributed by atoms with Crippen LogP contribution in [0.15, 0.2) is 85.0 Å². The molecule has 6 fully saturated rings. The number of hydrogen-bond acceptors (Lipinski definition) is 22. The van der Waals surface area contributed by atoms with Crippen LogP contribution in [0.3, 0.4) is 0 Å². The maximum absolute atomic E-state index is 12.2. The molecule has 2 aromatic rings. The van der Waals surface area contributed by atoms with E-state index in [1.807, 2.05) is 72.8 Å². The van der Waals surface area contributed by atoms with Gasteiger partial charge in [0.15, 0.2) is 0 Å². The quantitative estimate of drug-likeness (QED) is 0.0359. The van der Waals surface area contributed by atoms with Gasteiger partial charge in [-0.2, -0.15) is 0 Å². The summed E-state index contributed by atoms with van der Waals surface area (Å²) in [6.07, 6.45) is 15.8. The van der Waals surface area contributed by atoms with Crippen LogP contribution in [0.1, 0.15) is 122 Å². The molecular weight excluding hydrogens is 1580 g/mol. The Morgan fingerprint density at radius 2 is 0.887 bits per heavy atom. The smallest absolute Gasteiger partial charge is 0.850 e. The maximum atomic E-state index is 12.2. The van der Waals surface area contributed by atoms with E-state index < -0.39 is 106 Å². The van der Waals surface area contributed by atoms with Gasteiger partial charge in [-0.05, 0) is 101 Å². The summed E-state index contributed by atoms with van der Waals surface area (Å²) in [6.45, 7) is 30.8. The van der Waals surface area contributed by atoms with Crippen molar-refractivity contribution in [3.63, 3.8) is 0 Å². The standard InChI is InChI=1S/C16H20O5.C9H11IO4.3C9H12O4.C9H28Si4.C7H8O.C4H8O.C4H9O.K/c1-20-15(18)13-8-7-12(17)9-14(13)16(19)21-10-11-5-3-2-4-6-11;1-13-8(11)4-2-6(10)7-3-5(4)9(12)14-7;1-12-8(10)6-3-2-5-4-7(6)9(11)13-5;2*1-13-9(12)7-5-3-2-4-6(7)8(10)11;1-11(2,3)10(12(4,5)6)13(7,8)9;8-6-7-4-2-1-3-5-7;1-2-4-5-3-1;1-4(2,3)5;/h2-6,12-14,17H,7-10H2,1H3;4-7H,2-3H2,1H3;5-7H,2-4H2,1H3;2*2-3,6-7H,4-5H2,1H3,(H,10,11);10H,1-9H3;1-5,8H,6H2;1-4H2;1-3H3;/q;;;;;;;;-1;+1/t12-,13-,14-;4-,5-,6-,7+;5-,6-,7-;6-,7+;6-,7-;;;;;/m11111...../s1. The Morgan fingerprint density at radius 3 is 1.26 bits per heavy atom. The van der Waals surface area contributed by atoms with E-state index in [2.05, 4.69) is 100 Å². The number of hydrogen-bond donors (Lipinski definition) is 4. The number of carboxylic acid groups (broad SMARTS) is 2. The Kier molecular flexibility index (Phi) is 46.9. The molecule has 4 bridgehead atoms. The van der Waals surface area contributed by atoms with Gasteiger partial charge >= 0.3 is 111 Å². The molecule has 3 saturated heterocycles. The number of carbonyl (C=O) groups excluding carboxylic acids is 8. The number of aliphatic carboxylic acids is 2. The largest absolute Gasteiger partial charge is 1.00 e. The number of halogens is 1. The molecular formula is C76H120IKO24Si4. The van der Waals surface area contributed by atoms with E-state index in [1.54, 1.807) is 32.9 Å². The molecule has 24 nitrogen and oxygen atoms in total. The first-order valence-electron chi connectivity index (χ1n) is 36.1. The summed E-state index contributed by atoms with van der Waals surface area (Å²) < 4.78 is 43.8. The normalized spacial score (nSPS) is 25.7. The van der Waals surface area contributed by atoms with Crippen molar-refractivity contribution >= 4 is 112 Å². The van der Waals surface area contributed by atoms with Gasteiger partial charge in [0.05, 0.1) is 107 Å². The maximum Gasteiger partial charge on any atom is 1.00 e. The molecule has 3 aliphatic heterocycles. The molecule has 0 unspecified atom stereocenters. The zero-order valence-electron chi connectivity index (χ0n) is 65.8. The van der Waals surface area contributed by atoms with Gasteiger partial charge in [0.2, 0.25) is 0 Å². The Hall–Kier alpha value is -4.31. The fourth-order valence-electron chi connectivity index (χ4n) is 15.0. The van der Waals surface area contributed by atoms with Crippen molar-refractivity contribution in [3.05, 3.63) is 96.1 Å². The number of benzene rings is 2. The third kappa shape index (κ3) is 36.2. The van der Waals surface area contributed by atoms with Crippen LogP contribution in [0.2, 0.25) is 58.9 Å². The van der Waals surface area contributed by atoms with E-state index >= 15 is 0 Å². The van der Waals surface area contributed by atoms with E-state index in [-0.39, 0.29) is 142 Å². The van der Waals surface area contributed by atoms with Crippen LogP contribution in [-0.2, 0) is 104 Å². The van der Waals surface area contributed by atoms with Crippen LogP contribution in [-0.4, -0.2) is 187 Å². The average molecular weight is 1700 g/mol. The second kappa shape index (κ2) is 49.8. The van der Waals surface area contributed by atoms with Gasteiger partial charge in [-0.3, -0.25) is 47.9 Å². The van der Waals surface area contributed by atoms with E-state index in [0.29, 0.717) is 64.2 Å². The van der Waals surface area contributed by atoms with Crippen molar-refractivity contribution in [2.24, 2.45) is 59.2 Å². The Bertz CT molecular complexity index is 3000. The topological polar surface area (TPSA) is 358 Å². The van der Waals surface area contributed by atoms with Crippen LogP contribution >= 0.6 is 22.6 Å². The SMILES string of the molecule is C1CCOC1.CC(C)(C)[O-].COC(=O)[C@@H]1CC=CC[C@H]1C(=O)O.COC(=O)[C@@H]1CC[C@@H](O)C[C@H]1C(=O)OCc1ccccc1.COC(=O)[C@@H]1CC[C@@H]2C[C@H]1C(=O)O2.COC(=O)[C@@H]1C[C@@H](I)[C@@H]2C[C@H]1C(=O)O2.COC(=O)[C@H]1CC=CC[C@H]1C(=O)O.C[Si](C)(C)[SiH]([Si](C)(C)C)[Si](C)(C)C.OCc1ccccc1.[K+]. The number of methoxy groups -OCH3 is 5. The van der Waals surface area contributed by atoms with E-state index in [1.165, 1.54) is 48.4 Å². The molecule has 0 radical (unpaired) electrons. The summed E-state index contributed by atoms with van der Waals surface area (Å²) in [5.41, 5.74) is 1.10. The molecule has 2 aromatic carbocycles. The molecule has 0 aromatic heterocycles. The summed E-state index contributed by atoms with van der Waals surface area (Å²) in [5, 5.41) is 46.0. The molecule has 3 heterocycles. The van der Waals surface area contributed by atoms with Gasteiger partial charge in [-0.25, -0.2) is 0 Å². The summed E-state index contributed by atoms with van der Waals surface area (Å²) in [5.74, 6) is -9.14. The fourth-order valence-corrected chi connectivity index (χ4v) is 117. The number of aliphatic hydroxyl groups excluding tert-OH is 2. The molecule has 30 heteroatoms. The first-order valence-corrected chi connectivity index (χ1v) is 53.3. The number of aliphatic hydroxyl groups is 2. The molecule has 3 saturated carbocycles. The summed E-state index contributed by atoms with van der Waals surface area (Å²) in [7, 11) is 3.81. The minimum absolute atomic E-state index is 0. The molecule has 14 atom stereocenters. The molecule has 5 aliphatic carbocycles. The molecule has 0 spiro atoms. The number of alkyl halides is 1. The van der Waals surface area contributed by atoms with Gasteiger partial charge in [-0.15, -0.1) is 5.60 Å². The molecule has 4 N–H and O–H groups in total. The first kappa shape index (κ1) is 99.7. The third-order valence-corrected chi connectivity index (χ3v) is 87.5. The first-order chi connectivity index (χ1) is 49.1. The van der Waals surface area contributed by atoms with E-state index in [0.717, 1.165) is 30.8 Å². The Labute approximate surface area is 688 Å². The van der Waals surface area contributed by atoms with Crippen molar-refractivity contribution in [2.75, 3.05) is 48.8 Å². The Balaban J connectivity index is 0.000000610. The number of ether oxygens (including phenoxy) is 9. The van der Waals surface area contributed by atoms with Gasteiger partial charge in [0.25, 0.3) is 0 Å². The predicted octanol–water partition coefficient (Wildman–Crippen LogP) is 7.34. The zero-order valence-corrected chi connectivity index (χ0v) is 75.2. The zero-order chi connectivity index (χ0) is 79.6. The number of esters is 8. The fraction of sp³-hybridized carbons (Fsp3) is 0.658. The van der Waals surface area contributed by atoms with Crippen LogP contribution in [0.25, 0.3) is 0 Å². The van der Waals surface area contributed by atoms with Crippen molar-refractivity contribution < 1.29 is 167 Å². The van der Waals surface area contributed by atoms with Crippen molar-refractivity contribution in [2.45, 2.75) is 211 Å². The van der Waals surface area contributed by atoms with Crippen LogP contribution in [0, 0.1) is 59.2 Å². The van der Waals surface area contributed by atoms with E-state index in [9.17, 15) is 58.2 Å². The summed E-state index contributed by atoms with van der Waals surface area (Å²) >= 11 is 2.24. The molecule has 8 aliphatic rings. The van der Waals surface area contributed by atoms with Crippen LogP contribution < -0.4 is 56.5 Å². The monoisotopic (exact) mass is 1690 g/mol. The second-order valence-electron chi connectivity index (χ2n) is 31.2. The molecule has 106 heavy (non-hydrogen) atoms. The average Bonchev–Trinajstić information content (AvgIpc) is 1.60. The van der Waals surface area contributed by atoms with Gasteiger partial charge in [0, 0.05) is 47.3 Å². The Morgan fingerprint density at radius 1 is 0.509 bits per heavy atom. The number of allylic oxidation sites excluding steroid dienone is 4.